The monoisotopic (exact) mass is 326 g/mol. The predicted octanol–water partition coefficient (Wildman–Crippen LogP) is 3.32. The van der Waals surface area contributed by atoms with Crippen LogP contribution in [0.2, 0.25) is 0 Å². The summed E-state index contributed by atoms with van der Waals surface area (Å²) in [7, 11) is 0. The molecule has 1 aromatic carbocycles. The molecule has 2 aromatic rings. The molecule has 1 atom stereocenters. The first-order chi connectivity index (χ1) is 11.7. The van der Waals surface area contributed by atoms with Crippen molar-refractivity contribution in [3.05, 3.63) is 35.9 Å². The molecule has 5 heteroatoms. The quantitative estimate of drug-likeness (QED) is 0.941. The maximum Gasteiger partial charge on any atom is 0.164 e. The molecule has 0 saturated heterocycles. The van der Waals surface area contributed by atoms with Crippen molar-refractivity contribution in [3.63, 3.8) is 0 Å². The van der Waals surface area contributed by atoms with Gasteiger partial charge in [-0.1, -0.05) is 6.42 Å². The molecule has 0 radical (unpaired) electrons. The van der Waals surface area contributed by atoms with Crippen LogP contribution in [0, 0.1) is 11.2 Å². The number of hydrogen-bond acceptors (Lipinski definition) is 3. The van der Waals surface area contributed by atoms with E-state index < -0.39 is 0 Å². The second-order valence-electron chi connectivity index (χ2n) is 7.92. The molecule has 5 rings (SSSR count). The molecule has 1 N–H and O–H groups in total. The lowest BCUT2D eigenvalue weighted by Crippen LogP contribution is -2.55. The topological polar surface area (TPSA) is 42.7 Å². The zero-order valence-corrected chi connectivity index (χ0v) is 13.8. The smallest absolute Gasteiger partial charge is 0.164 e. The van der Waals surface area contributed by atoms with Crippen LogP contribution in [-0.4, -0.2) is 26.8 Å². The molecule has 1 unspecified atom stereocenters. The summed E-state index contributed by atoms with van der Waals surface area (Å²) in [6, 6.07) is 7.74. The van der Waals surface area contributed by atoms with E-state index in [2.05, 4.69) is 20.1 Å². The Morgan fingerprint density at radius 3 is 2.58 bits per heavy atom. The molecule has 0 bridgehead atoms. The third kappa shape index (κ3) is 2.37. The minimum Gasteiger partial charge on any atom is -0.309 e. The Balaban J connectivity index is 1.30. The summed E-state index contributed by atoms with van der Waals surface area (Å²) in [6.45, 7) is 0.915. The van der Waals surface area contributed by atoms with Crippen molar-refractivity contribution in [1.29, 1.82) is 0 Å². The third-order valence-electron chi connectivity index (χ3n) is 6.29. The molecule has 2 fully saturated rings. The van der Waals surface area contributed by atoms with Gasteiger partial charge in [0.05, 0.1) is 0 Å². The Morgan fingerprint density at radius 1 is 1.08 bits per heavy atom. The van der Waals surface area contributed by atoms with Crippen molar-refractivity contribution in [2.75, 3.05) is 0 Å². The average Bonchev–Trinajstić information content (AvgIpc) is 2.92. The molecular formula is C19H23FN4. The summed E-state index contributed by atoms with van der Waals surface area (Å²) in [5.74, 6) is 1.70. The van der Waals surface area contributed by atoms with Gasteiger partial charge in [0, 0.05) is 30.6 Å². The zero-order valence-electron chi connectivity index (χ0n) is 13.8. The number of aryl methyl sites for hydroxylation is 1. The number of rotatable bonds is 3. The lowest BCUT2D eigenvalue weighted by atomic mass is 9.54. The van der Waals surface area contributed by atoms with Crippen molar-refractivity contribution in [2.45, 2.75) is 63.6 Å². The van der Waals surface area contributed by atoms with Crippen LogP contribution in [-0.2, 0) is 13.0 Å². The molecule has 24 heavy (non-hydrogen) atoms. The summed E-state index contributed by atoms with van der Waals surface area (Å²) in [5, 5.41) is 12.6. The van der Waals surface area contributed by atoms with Crippen molar-refractivity contribution in [3.8, 4) is 11.4 Å². The van der Waals surface area contributed by atoms with Crippen LogP contribution in [0.15, 0.2) is 24.3 Å². The molecule has 2 saturated carbocycles. The van der Waals surface area contributed by atoms with Gasteiger partial charge in [-0.05, 0) is 61.8 Å². The van der Waals surface area contributed by atoms with Crippen molar-refractivity contribution in [2.24, 2.45) is 5.41 Å². The molecule has 1 aromatic heterocycles. The molecule has 1 spiro atoms. The normalized spacial score (nSPS) is 25.1. The molecule has 4 nitrogen and oxygen atoms in total. The van der Waals surface area contributed by atoms with Crippen LogP contribution in [0.3, 0.4) is 0 Å². The lowest BCUT2D eigenvalue weighted by molar-refractivity contribution is -0.00774. The Labute approximate surface area is 141 Å². The van der Waals surface area contributed by atoms with Gasteiger partial charge < -0.3 is 9.88 Å². The van der Waals surface area contributed by atoms with Gasteiger partial charge >= 0.3 is 0 Å². The van der Waals surface area contributed by atoms with Gasteiger partial charge in [-0.15, -0.1) is 10.2 Å². The number of fused-ring (bicyclic) bond motifs is 1. The largest absolute Gasteiger partial charge is 0.309 e. The van der Waals surface area contributed by atoms with Gasteiger partial charge in [0.1, 0.15) is 11.6 Å². The van der Waals surface area contributed by atoms with Crippen LogP contribution in [0.25, 0.3) is 11.4 Å². The van der Waals surface area contributed by atoms with Gasteiger partial charge in [-0.3, -0.25) is 0 Å². The summed E-state index contributed by atoms with van der Waals surface area (Å²) in [5.41, 5.74) is 1.65. The molecule has 126 valence electrons. The number of nitrogens with zero attached hydrogens (tertiary/aromatic N) is 3. The van der Waals surface area contributed by atoms with Crippen LogP contribution in [0.1, 0.15) is 44.3 Å². The minimum atomic E-state index is -0.216. The summed E-state index contributed by atoms with van der Waals surface area (Å²) < 4.78 is 15.4. The molecular weight excluding hydrogens is 303 g/mol. The standard InChI is InChI=1S/C19H23FN4/c20-14-4-2-13(3-5-14)18-23-22-17-7-6-15(12-24(17)18)21-16-10-19(11-16)8-1-9-19/h2-5,15-16,21H,1,6-12H2. The maximum absolute atomic E-state index is 13.2. The van der Waals surface area contributed by atoms with Crippen molar-refractivity contribution in [1.82, 2.24) is 20.1 Å². The third-order valence-corrected chi connectivity index (χ3v) is 6.29. The van der Waals surface area contributed by atoms with E-state index in [1.54, 1.807) is 12.1 Å². The first-order valence-corrected chi connectivity index (χ1v) is 9.15. The van der Waals surface area contributed by atoms with Crippen LogP contribution in [0.5, 0.6) is 0 Å². The van der Waals surface area contributed by atoms with Crippen LogP contribution in [0.4, 0.5) is 4.39 Å². The number of benzene rings is 1. The summed E-state index contributed by atoms with van der Waals surface area (Å²) in [4.78, 5) is 0. The van der Waals surface area contributed by atoms with Crippen molar-refractivity contribution >= 4 is 0 Å². The maximum atomic E-state index is 13.2. The first-order valence-electron chi connectivity index (χ1n) is 9.15. The highest BCUT2D eigenvalue weighted by Gasteiger charge is 2.48. The average molecular weight is 326 g/mol. The molecule has 2 heterocycles. The highest BCUT2D eigenvalue weighted by atomic mass is 19.1. The van der Waals surface area contributed by atoms with Gasteiger partial charge in [0.25, 0.3) is 0 Å². The van der Waals surface area contributed by atoms with Gasteiger partial charge in [0.2, 0.25) is 0 Å². The number of halogens is 1. The van der Waals surface area contributed by atoms with E-state index in [9.17, 15) is 4.39 Å². The fourth-order valence-electron chi connectivity index (χ4n) is 4.80. The highest BCUT2D eigenvalue weighted by molar-refractivity contribution is 5.55. The first kappa shape index (κ1) is 14.6. The van der Waals surface area contributed by atoms with E-state index >= 15 is 0 Å². The molecule has 2 aliphatic carbocycles. The van der Waals surface area contributed by atoms with Crippen LogP contribution < -0.4 is 5.32 Å². The van der Waals surface area contributed by atoms with E-state index in [4.69, 9.17) is 0 Å². The Bertz CT molecular complexity index is 739. The lowest BCUT2D eigenvalue weighted by Gasteiger charge is -2.55. The fourth-order valence-corrected chi connectivity index (χ4v) is 4.80. The highest BCUT2D eigenvalue weighted by Crippen LogP contribution is 2.55. The van der Waals surface area contributed by atoms with Crippen LogP contribution >= 0.6 is 0 Å². The van der Waals surface area contributed by atoms with E-state index in [1.807, 2.05) is 0 Å². The van der Waals surface area contributed by atoms with Gasteiger partial charge in [-0.25, -0.2) is 4.39 Å². The van der Waals surface area contributed by atoms with E-state index in [0.29, 0.717) is 17.5 Å². The molecule has 0 amide bonds. The number of aromatic nitrogens is 3. The fraction of sp³-hybridized carbons (Fsp3) is 0.579. The Kier molecular flexibility index (Phi) is 3.27. The Morgan fingerprint density at radius 2 is 1.88 bits per heavy atom. The molecule has 1 aliphatic heterocycles. The second kappa shape index (κ2) is 5.38. The SMILES string of the molecule is Fc1ccc(-c2nnc3n2CC(NC2CC4(CCC4)C2)CC3)cc1. The predicted molar refractivity (Wildman–Crippen MR) is 90.0 cm³/mol. The summed E-state index contributed by atoms with van der Waals surface area (Å²) in [6.07, 6.45) is 9.14. The molecule has 3 aliphatic rings. The minimum absolute atomic E-state index is 0.216. The van der Waals surface area contributed by atoms with E-state index in [0.717, 1.165) is 36.6 Å². The van der Waals surface area contributed by atoms with Crippen molar-refractivity contribution < 1.29 is 4.39 Å². The zero-order chi connectivity index (χ0) is 16.1. The second-order valence-corrected chi connectivity index (χ2v) is 7.92. The van der Waals surface area contributed by atoms with Gasteiger partial charge in [0.15, 0.2) is 5.82 Å². The van der Waals surface area contributed by atoms with E-state index in [1.165, 1.54) is 44.2 Å². The summed E-state index contributed by atoms with van der Waals surface area (Å²) >= 11 is 0. The van der Waals surface area contributed by atoms with Gasteiger partial charge in [-0.2, -0.15) is 0 Å². The van der Waals surface area contributed by atoms with E-state index in [-0.39, 0.29) is 5.82 Å². The Hall–Kier alpha value is -1.75. The number of hydrogen-bond donors (Lipinski definition) is 1. The number of nitrogens with one attached hydrogen (secondary N) is 1.